The van der Waals surface area contributed by atoms with Crippen molar-refractivity contribution in [1.29, 1.82) is 0 Å². The Balaban J connectivity index is 0.000000525. The van der Waals surface area contributed by atoms with Crippen LogP contribution in [0.2, 0.25) is 0 Å². The molecule has 0 unspecified atom stereocenters. The minimum absolute atomic E-state index is 0.618. The molecule has 0 saturated heterocycles. The van der Waals surface area contributed by atoms with Crippen LogP contribution in [0.15, 0.2) is 84.9 Å². The lowest BCUT2D eigenvalue weighted by atomic mass is 10.0. The van der Waals surface area contributed by atoms with Crippen molar-refractivity contribution in [3.05, 3.63) is 118 Å². The first kappa shape index (κ1) is 31.4. The second-order valence-electron chi connectivity index (χ2n) is 8.22. The number of aryl methyl sites for hydroxylation is 2. The van der Waals surface area contributed by atoms with E-state index < -0.39 is 11.7 Å². The molecular formula is C32H38F3NO. The Morgan fingerprint density at radius 1 is 0.757 bits per heavy atom. The van der Waals surface area contributed by atoms with Crippen LogP contribution in [0.3, 0.4) is 0 Å². The van der Waals surface area contributed by atoms with Crippen LogP contribution < -0.4 is 0 Å². The lowest BCUT2D eigenvalue weighted by Crippen LogP contribution is -2.04. The molecule has 0 amide bonds. The summed E-state index contributed by atoms with van der Waals surface area (Å²) in [5, 5.41) is 0. The topological polar surface area (TPSA) is 22.0 Å². The highest BCUT2D eigenvalue weighted by Gasteiger charge is 2.30. The number of hydrogen-bond acceptors (Lipinski definition) is 1. The second-order valence-corrected chi connectivity index (χ2v) is 8.22. The highest BCUT2D eigenvalue weighted by molar-refractivity contribution is 5.63. The number of alkyl halides is 3. The third kappa shape index (κ3) is 9.09. The van der Waals surface area contributed by atoms with Gasteiger partial charge in [-0.2, -0.15) is 13.2 Å². The Kier molecular flexibility index (Phi) is 13.2. The molecule has 0 aliphatic rings. The molecule has 0 fully saturated rings. The number of benzene rings is 3. The highest BCUT2D eigenvalue weighted by Crippen LogP contribution is 2.33. The first-order valence-electron chi connectivity index (χ1n) is 12.4. The molecule has 1 heterocycles. The molecule has 0 saturated carbocycles. The van der Waals surface area contributed by atoms with Gasteiger partial charge < -0.3 is 9.36 Å². The molecule has 5 heteroatoms. The largest absolute Gasteiger partial charge is 0.416 e. The molecule has 0 bridgehead atoms. The van der Waals surface area contributed by atoms with Crippen LogP contribution in [-0.2, 0) is 23.9 Å². The minimum atomic E-state index is -4.31. The predicted molar refractivity (Wildman–Crippen MR) is 149 cm³/mol. The molecular weight excluding hydrogens is 471 g/mol. The summed E-state index contributed by atoms with van der Waals surface area (Å²) in [6.45, 7) is 15.1. The van der Waals surface area contributed by atoms with Crippen molar-refractivity contribution < 1.29 is 18.0 Å². The Labute approximate surface area is 219 Å². The van der Waals surface area contributed by atoms with E-state index >= 15 is 0 Å². The zero-order valence-corrected chi connectivity index (χ0v) is 22.7. The van der Waals surface area contributed by atoms with E-state index in [4.69, 9.17) is 4.79 Å². The van der Waals surface area contributed by atoms with E-state index in [1.54, 1.807) is 12.1 Å². The molecule has 2 nitrogen and oxygen atoms in total. The van der Waals surface area contributed by atoms with Crippen molar-refractivity contribution in [1.82, 2.24) is 4.57 Å². The van der Waals surface area contributed by atoms with Crippen molar-refractivity contribution in [2.75, 3.05) is 0 Å². The summed E-state index contributed by atoms with van der Waals surface area (Å²) >= 11 is 0. The normalized spacial score (nSPS) is 10.2. The maximum Gasteiger partial charge on any atom is 0.416 e. The lowest BCUT2D eigenvalue weighted by Gasteiger charge is -2.11. The summed E-state index contributed by atoms with van der Waals surface area (Å²) in [6, 6.07) is 26.1. The molecule has 0 aliphatic heterocycles. The zero-order valence-electron chi connectivity index (χ0n) is 22.7. The zero-order chi connectivity index (χ0) is 28.0. The van der Waals surface area contributed by atoms with E-state index in [1.165, 1.54) is 22.3 Å². The van der Waals surface area contributed by atoms with Crippen LogP contribution in [0.5, 0.6) is 0 Å². The molecule has 0 spiro atoms. The molecule has 4 aromatic rings. The maximum atomic E-state index is 12.8. The van der Waals surface area contributed by atoms with Gasteiger partial charge in [0.25, 0.3) is 0 Å². The quantitative estimate of drug-likeness (QED) is 0.269. The van der Waals surface area contributed by atoms with Gasteiger partial charge in [-0.1, -0.05) is 86.1 Å². The number of carbonyl (C=O) groups excluding carboxylic acids is 1. The van der Waals surface area contributed by atoms with Gasteiger partial charge in [-0.15, -0.1) is 0 Å². The van der Waals surface area contributed by atoms with E-state index in [0.29, 0.717) is 0 Å². The summed E-state index contributed by atoms with van der Waals surface area (Å²) in [6.07, 6.45) is -3.49. The highest BCUT2D eigenvalue weighted by atomic mass is 19.4. The van der Waals surface area contributed by atoms with Crippen LogP contribution in [0.1, 0.15) is 54.3 Å². The first-order valence-corrected chi connectivity index (χ1v) is 12.4. The van der Waals surface area contributed by atoms with Crippen LogP contribution in [0.4, 0.5) is 13.2 Å². The van der Waals surface area contributed by atoms with Gasteiger partial charge in [0.15, 0.2) is 0 Å². The van der Waals surface area contributed by atoms with Crippen LogP contribution in [0.25, 0.3) is 11.3 Å². The molecule has 3 aromatic carbocycles. The fraction of sp³-hybridized carbons (Fsp3) is 0.281. The minimum Gasteiger partial charge on any atom is -0.345 e. The number of nitrogens with zero attached hydrogens (tertiary/aromatic N) is 1. The summed E-state index contributed by atoms with van der Waals surface area (Å²) in [4.78, 5) is 8.00. The van der Waals surface area contributed by atoms with Gasteiger partial charge in [0.2, 0.25) is 0 Å². The molecule has 1 aromatic heterocycles. The molecule has 0 atom stereocenters. The Morgan fingerprint density at radius 2 is 1.30 bits per heavy atom. The summed E-state index contributed by atoms with van der Waals surface area (Å²) in [7, 11) is 0. The summed E-state index contributed by atoms with van der Waals surface area (Å²) in [5.74, 6) is 0. The number of rotatable bonds is 4. The Morgan fingerprint density at radius 3 is 1.76 bits per heavy atom. The first-order chi connectivity index (χ1) is 17.7. The van der Waals surface area contributed by atoms with E-state index in [0.717, 1.165) is 42.0 Å². The van der Waals surface area contributed by atoms with Crippen LogP contribution >= 0.6 is 0 Å². The van der Waals surface area contributed by atoms with Crippen LogP contribution in [0, 0.1) is 20.8 Å². The van der Waals surface area contributed by atoms with Gasteiger partial charge >= 0.3 is 6.18 Å². The Bertz CT molecular complexity index is 1190. The number of aromatic nitrogens is 1. The van der Waals surface area contributed by atoms with Crippen molar-refractivity contribution in [2.24, 2.45) is 0 Å². The Hall–Kier alpha value is -3.60. The van der Waals surface area contributed by atoms with Gasteiger partial charge in [0.1, 0.15) is 6.79 Å². The van der Waals surface area contributed by atoms with Crippen molar-refractivity contribution >= 4 is 6.79 Å². The summed E-state index contributed by atoms with van der Waals surface area (Å²) in [5.41, 5.74) is 7.34. The molecule has 37 heavy (non-hydrogen) atoms. The van der Waals surface area contributed by atoms with Gasteiger partial charge in [-0.3, -0.25) is 0 Å². The standard InChI is InChI=1S/C22H22F3N.C7H8.C2H6.CH2O/c1-4-26-16(3)19(13-18-8-6-5-7-15(18)2)14-21(26)17-9-11-20(12-10-17)22(23,24)25;1-7-5-3-2-4-6-7;2*1-2/h5-12,14H,4,13H2,1-3H3;2-6H,1H3;1-2H3;1H2. The fourth-order valence-corrected chi connectivity index (χ4v) is 3.91. The molecule has 0 radical (unpaired) electrons. The van der Waals surface area contributed by atoms with Crippen molar-refractivity contribution in [3.63, 3.8) is 0 Å². The number of carbonyl (C=O) groups is 1. The van der Waals surface area contributed by atoms with Crippen molar-refractivity contribution in [2.45, 2.75) is 60.7 Å². The summed E-state index contributed by atoms with van der Waals surface area (Å²) < 4.78 is 40.6. The predicted octanol–water partition coefficient (Wildman–Crippen LogP) is 9.24. The third-order valence-electron chi connectivity index (χ3n) is 5.88. The van der Waals surface area contributed by atoms with Gasteiger partial charge in [-0.25, -0.2) is 0 Å². The van der Waals surface area contributed by atoms with E-state index in [2.05, 4.69) is 62.6 Å². The average Bonchev–Trinajstić information content (AvgIpc) is 3.23. The van der Waals surface area contributed by atoms with Gasteiger partial charge in [0.05, 0.1) is 5.56 Å². The average molecular weight is 510 g/mol. The van der Waals surface area contributed by atoms with E-state index in [9.17, 15) is 13.2 Å². The molecule has 198 valence electrons. The van der Waals surface area contributed by atoms with E-state index in [-0.39, 0.29) is 0 Å². The molecule has 0 aliphatic carbocycles. The molecule has 4 rings (SSSR count). The number of hydrogen-bond donors (Lipinski definition) is 0. The second kappa shape index (κ2) is 15.5. The lowest BCUT2D eigenvalue weighted by molar-refractivity contribution is -0.137. The van der Waals surface area contributed by atoms with Gasteiger partial charge in [0, 0.05) is 17.9 Å². The smallest absolute Gasteiger partial charge is 0.345 e. The molecule has 0 N–H and O–H groups in total. The van der Waals surface area contributed by atoms with E-state index in [1.807, 2.05) is 51.0 Å². The fourth-order valence-electron chi connectivity index (χ4n) is 3.91. The van der Waals surface area contributed by atoms with Gasteiger partial charge in [-0.05, 0) is 74.6 Å². The van der Waals surface area contributed by atoms with Crippen LogP contribution in [-0.4, -0.2) is 11.4 Å². The third-order valence-corrected chi connectivity index (χ3v) is 5.88. The maximum absolute atomic E-state index is 12.8. The SMILES string of the molecule is C=O.CC.CCn1c(-c2ccc(C(F)(F)F)cc2)cc(Cc2ccccc2C)c1C.Cc1ccccc1. The monoisotopic (exact) mass is 509 g/mol. The van der Waals surface area contributed by atoms with Crippen molar-refractivity contribution in [3.8, 4) is 11.3 Å². The number of halogens is 3.